The quantitative estimate of drug-likeness (QED) is 0.831. The third kappa shape index (κ3) is 1.61. The van der Waals surface area contributed by atoms with E-state index in [9.17, 15) is 9.18 Å². The third-order valence-electron chi connectivity index (χ3n) is 2.45. The average molecular weight is 285 g/mol. The second-order valence-corrected chi connectivity index (χ2v) is 4.33. The van der Waals surface area contributed by atoms with Crippen LogP contribution in [0.25, 0.3) is 10.9 Å². The number of nitrogens with one attached hydrogen (secondary N) is 2. The Morgan fingerprint density at radius 1 is 1.50 bits per heavy atom. The van der Waals surface area contributed by atoms with Crippen molar-refractivity contribution in [1.82, 2.24) is 10.3 Å². The van der Waals surface area contributed by atoms with Crippen LogP contribution in [-0.2, 0) is 0 Å². The molecule has 0 aliphatic rings. The van der Waals surface area contributed by atoms with Crippen LogP contribution >= 0.6 is 15.9 Å². The number of amides is 1. The van der Waals surface area contributed by atoms with E-state index in [1.807, 2.05) is 0 Å². The SMILES string of the molecule is CNC(=O)c1cc2c(Br)c(C)cc(F)c2[nH]1. The van der Waals surface area contributed by atoms with Gasteiger partial charge in [0.05, 0.1) is 5.52 Å². The number of carbonyl (C=O) groups excluding carboxylic acids is 1. The van der Waals surface area contributed by atoms with E-state index in [4.69, 9.17) is 0 Å². The number of aromatic amines is 1. The molecule has 3 nitrogen and oxygen atoms in total. The molecule has 0 aliphatic heterocycles. The minimum atomic E-state index is -0.356. The number of aromatic nitrogens is 1. The van der Waals surface area contributed by atoms with Crippen molar-refractivity contribution < 1.29 is 9.18 Å². The zero-order chi connectivity index (χ0) is 11.9. The van der Waals surface area contributed by atoms with Gasteiger partial charge in [0.25, 0.3) is 5.91 Å². The lowest BCUT2D eigenvalue weighted by atomic mass is 10.1. The second-order valence-electron chi connectivity index (χ2n) is 3.54. The lowest BCUT2D eigenvalue weighted by Gasteiger charge is -2.00. The molecule has 0 unspecified atom stereocenters. The van der Waals surface area contributed by atoms with Crippen molar-refractivity contribution in [1.29, 1.82) is 0 Å². The van der Waals surface area contributed by atoms with Gasteiger partial charge in [-0.2, -0.15) is 0 Å². The van der Waals surface area contributed by atoms with Crippen molar-refractivity contribution in [3.63, 3.8) is 0 Å². The molecule has 1 amide bonds. The maximum Gasteiger partial charge on any atom is 0.267 e. The fourth-order valence-corrected chi connectivity index (χ4v) is 2.04. The number of aryl methyl sites for hydroxylation is 1. The van der Waals surface area contributed by atoms with E-state index in [2.05, 4.69) is 26.2 Å². The van der Waals surface area contributed by atoms with E-state index in [0.29, 0.717) is 16.6 Å². The fraction of sp³-hybridized carbons (Fsp3) is 0.182. The van der Waals surface area contributed by atoms with Gasteiger partial charge in [0.2, 0.25) is 0 Å². The highest BCUT2D eigenvalue weighted by Crippen LogP contribution is 2.30. The molecule has 16 heavy (non-hydrogen) atoms. The Morgan fingerprint density at radius 2 is 2.19 bits per heavy atom. The Balaban J connectivity index is 2.74. The van der Waals surface area contributed by atoms with E-state index in [1.165, 1.54) is 13.1 Å². The van der Waals surface area contributed by atoms with E-state index < -0.39 is 0 Å². The summed E-state index contributed by atoms with van der Waals surface area (Å²) in [4.78, 5) is 14.2. The summed E-state index contributed by atoms with van der Waals surface area (Å²) < 4.78 is 14.4. The number of halogens is 2. The first-order valence-electron chi connectivity index (χ1n) is 4.74. The largest absolute Gasteiger partial charge is 0.354 e. The van der Waals surface area contributed by atoms with E-state index in [-0.39, 0.29) is 11.7 Å². The molecule has 2 N–H and O–H groups in total. The van der Waals surface area contributed by atoms with Crippen molar-refractivity contribution in [3.8, 4) is 0 Å². The average Bonchev–Trinajstić information content (AvgIpc) is 2.70. The van der Waals surface area contributed by atoms with Crippen LogP contribution in [0.5, 0.6) is 0 Å². The highest BCUT2D eigenvalue weighted by molar-refractivity contribution is 9.10. The lowest BCUT2D eigenvalue weighted by molar-refractivity contribution is 0.0959. The first kappa shape index (κ1) is 11.1. The highest BCUT2D eigenvalue weighted by atomic mass is 79.9. The van der Waals surface area contributed by atoms with Gasteiger partial charge >= 0.3 is 0 Å². The first-order chi connectivity index (χ1) is 7.54. The Morgan fingerprint density at radius 3 is 2.81 bits per heavy atom. The van der Waals surface area contributed by atoms with Crippen LogP contribution in [0.2, 0.25) is 0 Å². The molecule has 2 rings (SSSR count). The van der Waals surface area contributed by atoms with Crippen molar-refractivity contribution in [2.75, 3.05) is 7.05 Å². The first-order valence-corrected chi connectivity index (χ1v) is 5.53. The van der Waals surface area contributed by atoms with Gasteiger partial charge in [0, 0.05) is 16.9 Å². The van der Waals surface area contributed by atoms with Gasteiger partial charge in [0.1, 0.15) is 11.5 Å². The molecule has 5 heteroatoms. The van der Waals surface area contributed by atoms with Gasteiger partial charge in [-0.1, -0.05) is 0 Å². The van der Waals surface area contributed by atoms with Gasteiger partial charge in [-0.05, 0) is 40.5 Å². The van der Waals surface area contributed by atoms with Gasteiger partial charge in [-0.3, -0.25) is 4.79 Å². The Hall–Kier alpha value is -1.36. The summed E-state index contributed by atoms with van der Waals surface area (Å²) in [6, 6.07) is 3.06. The van der Waals surface area contributed by atoms with E-state index in [1.54, 1.807) is 13.0 Å². The smallest absolute Gasteiger partial charge is 0.267 e. The molecule has 0 atom stereocenters. The Kier molecular flexibility index (Phi) is 2.71. The molecule has 0 bridgehead atoms. The fourth-order valence-electron chi connectivity index (χ4n) is 1.61. The highest BCUT2D eigenvalue weighted by Gasteiger charge is 2.14. The van der Waals surface area contributed by atoms with Gasteiger partial charge in [-0.25, -0.2) is 4.39 Å². The van der Waals surface area contributed by atoms with Gasteiger partial charge in [0.15, 0.2) is 0 Å². The summed E-state index contributed by atoms with van der Waals surface area (Å²) in [6.07, 6.45) is 0. The number of carbonyl (C=O) groups is 1. The van der Waals surface area contributed by atoms with Crippen LogP contribution in [0.1, 0.15) is 16.1 Å². The molecule has 0 fully saturated rings. The maximum atomic E-state index is 13.6. The number of rotatable bonds is 1. The van der Waals surface area contributed by atoms with Gasteiger partial charge < -0.3 is 10.3 Å². The lowest BCUT2D eigenvalue weighted by Crippen LogP contribution is -2.17. The van der Waals surface area contributed by atoms with Crippen molar-refractivity contribution >= 4 is 32.7 Å². The molecule has 0 spiro atoms. The predicted molar refractivity (Wildman–Crippen MR) is 64.1 cm³/mol. The number of fused-ring (bicyclic) bond motifs is 1. The molecular weight excluding hydrogens is 275 g/mol. The molecule has 0 saturated heterocycles. The number of hydrogen-bond donors (Lipinski definition) is 2. The molecule has 1 aromatic heterocycles. The van der Waals surface area contributed by atoms with Gasteiger partial charge in [-0.15, -0.1) is 0 Å². The standard InChI is InChI=1S/C11H10BrFN2O/c1-5-3-7(13)10-6(9(5)12)4-8(15-10)11(16)14-2/h3-4,15H,1-2H3,(H,14,16). The maximum absolute atomic E-state index is 13.6. The van der Waals surface area contributed by atoms with Crippen LogP contribution in [0.4, 0.5) is 4.39 Å². The van der Waals surface area contributed by atoms with Crippen LogP contribution < -0.4 is 5.32 Å². The van der Waals surface area contributed by atoms with Crippen LogP contribution in [0.3, 0.4) is 0 Å². The van der Waals surface area contributed by atoms with Crippen molar-refractivity contribution in [2.45, 2.75) is 6.92 Å². The molecule has 1 heterocycles. The molecular formula is C11H10BrFN2O. The summed E-state index contributed by atoms with van der Waals surface area (Å²) in [5.74, 6) is -0.619. The number of hydrogen-bond acceptors (Lipinski definition) is 1. The van der Waals surface area contributed by atoms with E-state index >= 15 is 0 Å². The Bertz CT molecular complexity index is 577. The predicted octanol–water partition coefficient (Wildman–Crippen LogP) is 2.74. The topological polar surface area (TPSA) is 44.9 Å². The number of benzene rings is 1. The summed E-state index contributed by atoms with van der Waals surface area (Å²) in [6.45, 7) is 1.80. The minimum absolute atomic E-state index is 0.264. The van der Waals surface area contributed by atoms with Crippen LogP contribution in [0.15, 0.2) is 16.6 Å². The summed E-state index contributed by atoms with van der Waals surface area (Å²) in [7, 11) is 1.53. The molecule has 0 aliphatic carbocycles. The Labute approximate surface area is 100 Å². The molecule has 0 saturated carbocycles. The zero-order valence-electron chi connectivity index (χ0n) is 8.82. The normalized spacial score (nSPS) is 10.8. The van der Waals surface area contributed by atoms with Crippen molar-refractivity contribution in [2.24, 2.45) is 0 Å². The summed E-state index contributed by atoms with van der Waals surface area (Å²) in [5, 5.41) is 3.16. The molecule has 2 aromatic rings. The van der Waals surface area contributed by atoms with E-state index in [0.717, 1.165) is 10.0 Å². The molecule has 1 aromatic carbocycles. The van der Waals surface area contributed by atoms with Crippen LogP contribution in [0, 0.1) is 12.7 Å². The summed E-state index contributed by atoms with van der Waals surface area (Å²) >= 11 is 3.38. The minimum Gasteiger partial charge on any atom is -0.354 e. The number of H-pyrrole nitrogens is 1. The molecule has 0 radical (unpaired) electrons. The zero-order valence-corrected chi connectivity index (χ0v) is 10.4. The van der Waals surface area contributed by atoms with Crippen LogP contribution in [-0.4, -0.2) is 17.9 Å². The monoisotopic (exact) mass is 284 g/mol. The third-order valence-corrected chi connectivity index (χ3v) is 3.51. The van der Waals surface area contributed by atoms with Crippen molar-refractivity contribution in [3.05, 3.63) is 33.7 Å². The summed E-state index contributed by atoms with van der Waals surface area (Å²) in [5.41, 5.74) is 1.49. The molecule has 84 valence electrons. The second kappa shape index (κ2) is 3.90.